The molecule has 2 fully saturated rings. The second kappa shape index (κ2) is 13.1. The number of rotatable bonds is 8. The molecule has 1 saturated heterocycles. The first-order valence-corrected chi connectivity index (χ1v) is 15.1. The highest BCUT2D eigenvalue weighted by Crippen LogP contribution is 2.36. The SMILES string of the molecule is COC(=O)C1CCC(Oc2ccnc3c2c(N[C@@H]2CCCN(C(=O)OC(C)(C)C)C2)nn3Cc2ccc(OC)cc2)CC1. The number of pyridine rings is 1. The molecule has 3 heterocycles. The fourth-order valence-electron chi connectivity index (χ4n) is 5.83. The second-order valence-corrected chi connectivity index (χ2v) is 12.4. The van der Waals surface area contributed by atoms with Gasteiger partial charge in [-0.2, -0.15) is 5.10 Å². The zero-order valence-electron chi connectivity index (χ0n) is 25.8. The molecule has 232 valence electrons. The fraction of sp³-hybridized carbons (Fsp3) is 0.562. The van der Waals surface area contributed by atoms with Crippen molar-refractivity contribution in [1.29, 1.82) is 0 Å². The molecule has 11 heteroatoms. The van der Waals surface area contributed by atoms with E-state index in [1.807, 2.05) is 55.8 Å². The van der Waals surface area contributed by atoms with Gasteiger partial charge < -0.3 is 29.2 Å². The van der Waals surface area contributed by atoms with Crippen LogP contribution in [0.15, 0.2) is 36.5 Å². The summed E-state index contributed by atoms with van der Waals surface area (Å²) in [6.07, 6.45) is 6.15. The van der Waals surface area contributed by atoms with Gasteiger partial charge in [-0.15, -0.1) is 0 Å². The molecule has 5 rings (SSSR count). The van der Waals surface area contributed by atoms with Crippen LogP contribution in [0.1, 0.15) is 64.9 Å². The van der Waals surface area contributed by atoms with Crippen molar-refractivity contribution >= 4 is 28.9 Å². The summed E-state index contributed by atoms with van der Waals surface area (Å²) in [7, 11) is 3.09. The van der Waals surface area contributed by atoms with Crippen LogP contribution in [0.3, 0.4) is 0 Å². The molecule has 0 bridgehead atoms. The zero-order valence-corrected chi connectivity index (χ0v) is 25.8. The number of methoxy groups -OCH3 is 2. The summed E-state index contributed by atoms with van der Waals surface area (Å²) in [5, 5.41) is 9.41. The van der Waals surface area contributed by atoms with Crippen LogP contribution in [-0.4, -0.2) is 76.8 Å². The van der Waals surface area contributed by atoms with E-state index in [1.54, 1.807) is 18.2 Å². The average molecular weight is 594 g/mol. The molecule has 1 atom stereocenters. The van der Waals surface area contributed by atoms with Gasteiger partial charge in [0.05, 0.1) is 32.8 Å². The number of amides is 1. The lowest BCUT2D eigenvalue weighted by Gasteiger charge is -2.34. The van der Waals surface area contributed by atoms with Crippen molar-refractivity contribution < 1.29 is 28.5 Å². The predicted molar refractivity (Wildman–Crippen MR) is 162 cm³/mol. The molecule has 11 nitrogen and oxygen atoms in total. The van der Waals surface area contributed by atoms with E-state index in [0.717, 1.165) is 55.2 Å². The Balaban J connectivity index is 1.41. The highest BCUT2D eigenvalue weighted by atomic mass is 16.6. The molecule has 1 saturated carbocycles. The van der Waals surface area contributed by atoms with Crippen molar-refractivity contribution in [3.8, 4) is 11.5 Å². The third-order valence-corrected chi connectivity index (χ3v) is 8.00. The smallest absolute Gasteiger partial charge is 0.410 e. The van der Waals surface area contributed by atoms with Crippen LogP contribution in [0.25, 0.3) is 11.0 Å². The number of carbonyl (C=O) groups excluding carboxylic acids is 2. The maximum Gasteiger partial charge on any atom is 0.410 e. The number of esters is 1. The van der Waals surface area contributed by atoms with Crippen molar-refractivity contribution in [1.82, 2.24) is 19.7 Å². The summed E-state index contributed by atoms with van der Waals surface area (Å²) >= 11 is 0. The highest BCUT2D eigenvalue weighted by molar-refractivity contribution is 5.93. The highest BCUT2D eigenvalue weighted by Gasteiger charge is 2.31. The number of ether oxygens (including phenoxy) is 4. The number of hydrogen-bond acceptors (Lipinski definition) is 9. The van der Waals surface area contributed by atoms with E-state index in [4.69, 9.17) is 29.0 Å². The van der Waals surface area contributed by atoms with E-state index in [2.05, 4.69) is 5.32 Å². The van der Waals surface area contributed by atoms with E-state index in [0.29, 0.717) is 36.8 Å². The van der Waals surface area contributed by atoms with Crippen LogP contribution in [0.5, 0.6) is 11.5 Å². The summed E-state index contributed by atoms with van der Waals surface area (Å²) < 4.78 is 24.4. The first-order valence-electron chi connectivity index (χ1n) is 15.1. The van der Waals surface area contributed by atoms with Gasteiger partial charge in [-0.25, -0.2) is 14.5 Å². The molecule has 0 spiro atoms. The topological polar surface area (TPSA) is 117 Å². The monoisotopic (exact) mass is 593 g/mol. The Kier molecular flexibility index (Phi) is 9.27. The molecular formula is C32H43N5O6. The van der Waals surface area contributed by atoms with Crippen molar-refractivity contribution in [2.24, 2.45) is 5.92 Å². The van der Waals surface area contributed by atoms with Gasteiger partial charge >= 0.3 is 12.1 Å². The Morgan fingerprint density at radius 3 is 2.44 bits per heavy atom. The third-order valence-electron chi connectivity index (χ3n) is 8.00. The molecule has 1 aliphatic heterocycles. The molecule has 1 amide bonds. The quantitative estimate of drug-likeness (QED) is 0.342. The van der Waals surface area contributed by atoms with Crippen LogP contribution < -0.4 is 14.8 Å². The summed E-state index contributed by atoms with van der Waals surface area (Å²) in [6, 6.07) is 9.75. The number of aromatic nitrogens is 3. The number of benzene rings is 1. The molecule has 2 aliphatic rings. The molecule has 3 aromatic rings. The standard InChI is InChI=1S/C32H43N5O6/c1-32(2,3)43-31(39)36-18-6-7-23(20-36)34-28-27-26(42-25-14-10-22(11-15-25)30(38)41-5)16-17-33-29(27)37(35-28)19-21-8-12-24(40-4)13-9-21/h8-9,12-13,16-17,22-23,25H,6-7,10-11,14-15,18-20H2,1-5H3,(H,34,35)/t22?,23-,25?/m1/s1. The average Bonchev–Trinajstić information content (AvgIpc) is 3.34. The van der Waals surface area contributed by atoms with Crippen LogP contribution in [0, 0.1) is 5.92 Å². The van der Waals surface area contributed by atoms with E-state index in [9.17, 15) is 9.59 Å². The van der Waals surface area contributed by atoms with E-state index in [1.165, 1.54) is 7.11 Å². The summed E-state index contributed by atoms with van der Waals surface area (Å²) in [5.41, 5.74) is 1.21. The van der Waals surface area contributed by atoms with E-state index in [-0.39, 0.29) is 30.1 Å². The lowest BCUT2D eigenvalue weighted by molar-refractivity contribution is -0.147. The largest absolute Gasteiger partial charge is 0.497 e. The summed E-state index contributed by atoms with van der Waals surface area (Å²) in [5.74, 6) is 1.94. The van der Waals surface area contributed by atoms with Gasteiger partial charge in [-0.05, 0) is 83.1 Å². The van der Waals surface area contributed by atoms with Gasteiger partial charge in [0.15, 0.2) is 11.5 Å². The van der Waals surface area contributed by atoms with Gasteiger partial charge in [-0.1, -0.05) is 12.1 Å². The molecule has 1 aromatic carbocycles. The minimum atomic E-state index is -0.554. The number of nitrogens with zero attached hydrogens (tertiary/aromatic N) is 4. The Morgan fingerprint density at radius 2 is 1.77 bits per heavy atom. The number of anilines is 1. The van der Waals surface area contributed by atoms with Crippen LogP contribution in [-0.2, 0) is 20.8 Å². The second-order valence-electron chi connectivity index (χ2n) is 12.4. The van der Waals surface area contributed by atoms with Gasteiger partial charge in [0.2, 0.25) is 0 Å². The minimum Gasteiger partial charge on any atom is -0.497 e. The minimum absolute atomic E-state index is 0.0163. The lowest BCUT2D eigenvalue weighted by atomic mass is 9.87. The van der Waals surface area contributed by atoms with Crippen molar-refractivity contribution in [2.75, 3.05) is 32.6 Å². The fourth-order valence-corrected chi connectivity index (χ4v) is 5.83. The van der Waals surface area contributed by atoms with Crippen LogP contribution in [0.2, 0.25) is 0 Å². The van der Waals surface area contributed by atoms with Crippen molar-refractivity contribution in [3.63, 3.8) is 0 Å². The molecule has 0 unspecified atom stereocenters. The van der Waals surface area contributed by atoms with E-state index >= 15 is 0 Å². The maximum absolute atomic E-state index is 12.8. The third kappa shape index (κ3) is 7.50. The number of likely N-dealkylation sites (tertiary alicyclic amines) is 1. The number of nitrogens with one attached hydrogen (secondary N) is 1. The first-order chi connectivity index (χ1) is 20.6. The molecule has 1 N–H and O–H groups in total. The zero-order chi connectivity index (χ0) is 30.6. The summed E-state index contributed by atoms with van der Waals surface area (Å²) in [6.45, 7) is 7.31. The van der Waals surface area contributed by atoms with Crippen LogP contribution in [0.4, 0.5) is 10.6 Å². The molecular weight excluding hydrogens is 550 g/mol. The first kappa shape index (κ1) is 30.4. The number of carbonyl (C=O) groups is 2. The molecule has 43 heavy (non-hydrogen) atoms. The van der Waals surface area contributed by atoms with Crippen LogP contribution >= 0.6 is 0 Å². The Labute approximate surface area is 252 Å². The Morgan fingerprint density at radius 1 is 1.02 bits per heavy atom. The molecule has 0 radical (unpaired) electrons. The maximum atomic E-state index is 12.8. The Bertz CT molecular complexity index is 1410. The van der Waals surface area contributed by atoms with Gasteiger partial charge in [-0.3, -0.25) is 4.79 Å². The molecule has 1 aliphatic carbocycles. The predicted octanol–water partition coefficient (Wildman–Crippen LogP) is 5.41. The number of fused-ring (bicyclic) bond motifs is 1. The Hall–Kier alpha value is -4.02. The normalized spacial score (nSPS) is 20.9. The van der Waals surface area contributed by atoms with E-state index < -0.39 is 5.60 Å². The van der Waals surface area contributed by atoms with Crippen molar-refractivity contribution in [2.45, 2.75) is 83.6 Å². The van der Waals surface area contributed by atoms with Gasteiger partial charge in [0, 0.05) is 25.3 Å². The summed E-state index contributed by atoms with van der Waals surface area (Å²) in [4.78, 5) is 31.3. The number of hydrogen-bond donors (Lipinski definition) is 1. The van der Waals surface area contributed by atoms with Crippen molar-refractivity contribution in [3.05, 3.63) is 42.1 Å². The van der Waals surface area contributed by atoms with Gasteiger partial charge in [0.25, 0.3) is 0 Å². The van der Waals surface area contributed by atoms with Gasteiger partial charge in [0.1, 0.15) is 22.5 Å². The molecule has 2 aromatic heterocycles. The number of piperidine rings is 1. The lowest BCUT2D eigenvalue weighted by Crippen LogP contribution is -2.47.